The number of carbonyl (C=O) groups excluding carboxylic acids is 2. The van der Waals surface area contributed by atoms with Crippen molar-refractivity contribution in [3.05, 3.63) is 65.7 Å². The summed E-state index contributed by atoms with van der Waals surface area (Å²) in [6.45, 7) is 2.57. The summed E-state index contributed by atoms with van der Waals surface area (Å²) < 4.78 is 0. The monoisotopic (exact) mass is 308 g/mol. The molecule has 4 heteroatoms. The Balaban J connectivity index is 1.71. The molecule has 2 amide bonds. The van der Waals surface area contributed by atoms with Crippen molar-refractivity contribution in [2.45, 2.75) is 25.2 Å². The smallest absolute Gasteiger partial charge is 0.255 e. The van der Waals surface area contributed by atoms with Gasteiger partial charge in [0, 0.05) is 17.8 Å². The van der Waals surface area contributed by atoms with Crippen LogP contribution in [0.1, 0.15) is 35.7 Å². The van der Waals surface area contributed by atoms with Crippen LogP contribution in [0.15, 0.2) is 54.6 Å². The molecular formula is C19H20N2O2. The van der Waals surface area contributed by atoms with Crippen molar-refractivity contribution in [2.24, 2.45) is 0 Å². The maximum atomic E-state index is 12.2. The first-order valence-corrected chi connectivity index (χ1v) is 7.91. The third-order valence-corrected chi connectivity index (χ3v) is 4.25. The van der Waals surface area contributed by atoms with Gasteiger partial charge in [0.2, 0.25) is 5.91 Å². The number of nitrogens with one attached hydrogen (secondary N) is 2. The van der Waals surface area contributed by atoms with Crippen molar-refractivity contribution >= 4 is 17.5 Å². The lowest BCUT2D eigenvalue weighted by molar-refractivity contribution is -0.123. The Morgan fingerprint density at radius 2 is 1.65 bits per heavy atom. The number of hydrogen-bond donors (Lipinski definition) is 2. The molecule has 2 N–H and O–H groups in total. The summed E-state index contributed by atoms with van der Waals surface area (Å²) >= 11 is 0. The van der Waals surface area contributed by atoms with E-state index in [1.807, 2.05) is 49.4 Å². The first kappa shape index (κ1) is 15.3. The van der Waals surface area contributed by atoms with Gasteiger partial charge < -0.3 is 10.6 Å². The van der Waals surface area contributed by atoms with Gasteiger partial charge in [-0.2, -0.15) is 0 Å². The Morgan fingerprint density at radius 1 is 1.00 bits per heavy atom. The average Bonchev–Trinajstić information content (AvgIpc) is 3.38. The fourth-order valence-electron chi connectivity index (χ4n) is 2.77. The van der Waals surface area contributed by atoms with E-state index in [-0.39, 0.29) is 17.2 Å². The molecule has 0 aromatic heterocycles. The van der Waals surface area contributed by atoms with Gasteiger partial charge in [-0.3, -0.25) is 9.59 Å². The molecule has 0 saturated heterocycles. The van der Waals surface area contributed by atoms with Gasteiger partial charge >= 0.3 is 0 Å². The molecule has 23 heavy (non-hydrogen) atoms. The van der Waals surface area contributed by atoms with E-state index in [2.05, 4.69) is 10.6 Å². The number of carbonyl (C=O) groups is 2. The van der Waals surface area contributed by atoms with Crippen molar-refractivity contribution in [1.29, 1.82) is 0 Å². The fourth-order valence-corrected chi connectivity index (χ4v) is 2.77. The SMILES string of the molecule is CCNC(=O)C1(c2ccc(NC(=O)c3ccccc3)cc2)CC1. The highest BCUT2D eigenvalue weighted by Crippen LogP contribution is 2.48. The average molecular weight is 308 g/mol. The molecule has 118 valence electrons. The molecule has 2 aromatic carbocycles. The standard InChI is InChI=1S/C19H20N2O2/c1-2-20-18(23)19(12-13-19)15-8-10-16(11-9-15)21-17(22)14-6-4-3-5-7-14/h3-11H,2,12-13H2,1H3,(H,20,23)(H,21,22). The number of amides is 2. The molecule has 1 saturated carbocycles. The van der Waals surface area contributed by atoms with E-state index in [1.165, 1.54) is 0 Å². The third-order valence-electron chi connectivity index (χ3n) is 4.25. The van der Waals surface area contributed by atoms with Gasteiger partial charge in [-0.25, -0.2) is 0 Å². The molecule has 0 spiro atoms. The van der Waals surface area contributed by atoms with Crippen LogP contribution in [0, 0.1) is 0 Å². The second kappa shape index (κ2) is 6.24. The number of hydrogen-bond acceptors (Lipinski definition) is 2. The van der Waals surface area contributed by atoms with Crippen molar-refractivity contribution < 1.29 is 9.59 Å². The number of anilines is 1. The Hall–Kier alpha value is -2.62. The molecule has 0 bridgehead atoms. The topological polar surface area (TPSA) is 58.2 Å². The summed E-state index contributed by atoms with van der Waals surface area (Å²) in [4.78, 5) is 24.3. The van der Waals surface area contributed by atoms with E-state index < -0.39 is 0 Å². The summed E-state index contributed by atoms with van der Waals surface area (Å²) in [7, 11) is 0. The minimum Gasteiger partial charge on any atom is -0.356 e. The first-order valence-electron chi connectivity index (χ1n) is 7.91. The highest BCUT2D eigenvalue weighted by atomic mass is 16.2. The molecule has 0 atom stereocenters. The highest BCUT2D eigenvalue weighted by molar-refractivity contribution is 6.04. The molecule has 0 aliphatic heterocycles. The van der Waals surface area contributed by atoms with Crippen LogP contribution in [-0.4, -0.2) is 18.4 Å². The molecule has 4 nitrogen and oxygen atoms in total. The third kappa shape index (κ3) is 3.11. The molecule has 1 aliphatic rings. The van der Waals surface area contributed by atoms with Gasteiger partial charge in [-0.05, 0) is 49.6 Å². The van der Waals surface area contributed by atoms with E-state index in [9.17, 15) is 9.59 Å². The number of likely N-dealkylation sites (N-methyl/N-ethyl adjacent to an activating group) is 1. The lowest BCUT2D eigenvalue weighted by Crippen LogP contribution is -2.34. The van der Waals surface area contributed by atoms with Gasteiger partial charge in [-0.15, -0.1) is 0 Å². The Morgan fingerprint density at radius 3 is 2.22 bits per heavy atom. The van der Waals surface area contributed by atoms with E-state index in [4.69, 9.17) is 0 Å². The van der Waals surface area contributed by atoms with E-state index in [1.54, 1.807) is 12.1 Å². The summed E-state index contributed by atoms with van der Waals surface area (Å²) in [5, 5.41) is 5.78. The van der Waals surface area contributed by atoms with Gasteiger partial charge in [-0.1, -0.05) is 30.3 Å². The Kier molecular flexibility index (Phi) is 4.15. The van der Waals surface area contributed by atoms with E-state index >= 15 is 0 Å². The lowest BCUT2D eigenvalue weighted by atomic mass is 9.94. The molecule has 2 aromatic rings. The van der Waals surface area contributed by atoms with Crippen LogP contribution < -0.4 is 10.6 Å². The van der Waals surface area contributed by atoms with Crippen molar-refractivity contribution in [2.75, 3.05) is 11.9 Å². The molecule has 0 heterocycles. The Labute approximate surface area is 135 Å². The highest BCUT2D eigenvalue weighted by Gasteiger charge is 2.50. The second-order valence-electron chi connectivity index (χ2n) is 5.84. The van der Waals surface area contributed by atoms with E-state index in [0.717, 1.165) is 24.1 Å². The first-order chi connectivity index (χ1) is 11.2. The van der Waals surface area contributed by atoms with Crippen LogP contribution in [0.4, 0.5) is 5.69 Å². The van der Waals surface area contributed by atoms with Crippen LogP contribution in [0.2, 0.25) is 0 Å². The normalized spacial score (nSPS) is 14.8. The largest absolute Gasteiger partial charge is 0.356 e. The minimum atomic E-state index is -0.363. The van der Waals surface area contributed by atoms with Crippen molar-refractivity contribution in [3.8, 4) is 0 Å². The zero-order valence-corrected chi connectivity index (χ0v) is 13.1. The molecular weight excluding hydrogens is 288 g/mol. The maximum absolute atomic E-state index is 12.2. The number of benzene rings is 2. The molecule has 0 radical (unpaired) electrons. The summed E-state index contributed by atoms with van der Waals surface area (Å²) in [6, 6.07) is 16.7. The molecule has 1 fully saturated rings. The lowest BCUT2D eigenvalue weighted by Gasteiger charge is -2.15. The van der Waals surface area contributed by atoms with Gasteiger partial charge in [0.1, 0.15) is 0 Å². The molecule has 1 aliphatic carbocycles. The maximum Gasteiger partial charge on any atom is 0.255 e. The molecule has 0 unspecified atom stereocenters. The molecule has 3 rings (SSSR count). The Bertz CT molecular complexity index is 704. The number of rotatable bonds is 5. The summed E-state index contributed by atoms with van der Waals surface area (Å²) in [6.07, 6.45) is 1.77. The van der Waals surface area contributed by atoms with Crippen LogP contribution in [0.25, 0.3) is 0 Å². The van der Waals surface area contributed by atoms with Gasteiger partial charge in [0.05, 0.1) is 5.41 Å². The van der Waals surface area contributed by atoms with Crippen LogP contribution in [-0.2, 0) is 10.2 Å². The van der Waals surface area contributed by atoms with Crippen LogP contribution >= 0.6 is 0 Å². The summed E-state index contributed by atoms with van der Waals surface area (Å²) in [5.41, 5.74) is 2.01. The van der Waals surface area contributed by atoms with Gasteiger partial charge in [0.25, 0.3) is 5.91 Å². The zero-order chi connectivity index (χ0) is 16.3. The predicted octanol–water partition coefficient (Wildman–Crippen LogP) is 3.11. The second-order valence-corrected chi connectivity index (χ2v) is 5.84. The minimum absolute atomic E-state index is 0.0982. The van der Waals surface area contributed by atoms with Crippen molar-refractivity contribution in [3.63, 3.8) is 0 Å². The zero-order valence-electron chi connectivity index (χ0n) is 13.1. The summed E-state index contributed by atoms with van der Waals surface area (Å²) in [5.74, 6) is -0.0377. The van der Waals surface area contributed by atoms with Gasteiger partial charge in [0.15, 0.2) is 0 Å². The van der Waals surface area contributed by atoms with Crippen LogP contribution in [0.5, 0.6) is 0 Å². The fraction of sp³-hybridized carbons (Fsp3) is 0.263. The predicted molar refractivity (Wildman–Crippen MR) is 90.4 cm³/mol. The quantitative estimate of drug-likeness (QED) is 0.891. The van der Waals surface area contributed by atoms with Crippen LogP contribution in [0.3, 0.4) is 0 Å². The van der Waals surface area contributed by atoms with E-state index in [0.29, 0.717) is 12.1 Å². The van der Waals surface area contributed by atoms with Crippen molar-refractivity contribution in [1.82, 2.24) is 5.32 Å².